The van der Waals surface area contributed by atoms with E-state index in [1.165, 1.54) is 0 Å². The number of carbonyl (C=O) groups excluding carboxylic acids is 1. The molecule has 3 heteroatoms. The number of Topliss-reactive ketones (excluding diaryl/α,β-unsaturated/α-hetero) is 1. The average Bonchev–Trinajstić information content (AvgIpc) is 2.52. The number of carbonyl (C=O) groups is 1. The largest absolute Gasteiger partial charge is 0.432 e. The molecule has 72 valence electrons. The molecule has 0 N–H and O–H groups in total. The summed E-state index contributed by atoms with van der Waals surface area (Å²) in [6.07, 6.45) is 1.90. The molecular formula is C11H12N2O. The lowest BCUT2D eigenvalue weighted by Gasteiger charge is -2.07. The Morgan fingerprint density at radius 2 is 2.14 bits per heavy atom. The van der Waals surface area contributed by atoms with Crippen molar-refractivity contribution in [3.8, 4) is 0 Å². The number of nitrogens with zero attached hydrogens (tertiary/aromatic N) is 2. The highest BCUT2D eigenvalue weighted by atomic mass is 16.1. The first-order chi connectivity index (χ1) is 6.77. The molecule has 0 bridgehead atoms. The highest BCUT2D eigenvalue weighted by molar-refractivity contribution is 5.89. The van der Waals surface area contributed by atoms with Crippen molar-refractivity contribution in [1.82, 2.24) is 0 Å². The summed E-state index contributed by atoms with van der Waals surface area (Å²) in [6, 6.07) is 9.77. The van der Waals surface area contributed by atoms with E-state index in [2.05, 4.69) is 5.43 Å². The Morgan fingerprint density at radius 1 is 1.43 bits per heavy atom. The Labute approximate surface area is 83.0 Å². The zero-order valence-corrected chi connectivity index (χ0v) is 8.05. The highest BCUT2D eigenvalue weighted by Crippen LogP contribution is 2.10. The number of benzene rings is 1. The summed E-state index contributed by atoms with van der Waals surface area (Å²) in [5, 5.41) is 0. The molecule has 0 spiro atoms. The molecule has 1 aromatic carbocycles. The number of rotatable bonds is 1. The van der Waals surface area contributed by atoms with Crippen molar-refractivity contribution in [3.63, 3.8) is 0 Å². The van der Waals surface area contributed by atoms with Crippen LogP contribution in [-0.4, -0.2) is 29.3 Å². The van der Waals surface area contributed by atoms with Crippen LogP contribution in [0.4, 0.5) is 0 Å². The molecule has 0 unspecified atom stereocenters. The number of ketones is 1. The van der Waals surface area contributed by atoms with E-state index in [4.69, 9.17) is 0 Å². The molecule has 1 saturated heterocycles. The minimum atomic E-state index is -0.116. The Bertz CT molecular complexity index is 370. The van der Waals surface area contributed by atoms with Crippen LogP contribution in [0.1, 0.15) is 12.5 Å². The molecule has 1 aromatic rings. The first kappa shape index (κ1) is 8.94. The van der Waals surface area contributed by atoms with Gasteiger partial charge in [-0.1, -0.05) is 18.2 Å². The minimum absolute atomic E-state index is 0.116. The molecule has 0 aromatic heterocycles. The van der Waals surface area contributed by atoms with Crippen LogP contribution in [0.3, 0.4) is 0 Å². The van der Waals surface area contributed by atoms with Gasteiger partial charge in [-0.05, 0) is 18.7 Å². The van der Waals surface area contributed by atoms with Gasteiger partial charge in [0.1, 0.15) is 0 Å². The molecule has 2 rings (SSSR count). The summed E-state index contributed by atoms with van der Waals surface area (Å²) in [4.78, 5) is 11.2. The third-order valence-electron chi connectivity index (χ3n) is 2.33. The van der Waals surface area contributed by atoms with Crippen molar-refractivity contribution < 1.29 is 9.48 Å². The molecule has 0 saturated carbocycles. The van der Waals surface area contributed by atoms with Gasteiger partial charge in [-0.2, -0.15) is 0 Å². The molecule has 0 aliphatic carbocycles. The Hall–Kier alpha value is -1.64. The molecule has 0 amide bonds. The molecule has 3 nitrogen and oxygen atoms in total. The maximum absolute atomic E-state index is 11.2. The van der Waals surface area contributed by atoms with Gasteiger partial charge >= 0.3 is 0 Å². The molecule has 1 atom stereocenters. The van der Waals surface area contributed by atoms with E-state index < -0.39 is 0 Å². The topological polar surface area (TPSA) is 34.2 Å². The standard InChI is InChI=1S/C11H12N2O/c1-9-11(14)7-12-13(9)8-10-5-3-2-4-6-10/h2-6,8-9H,7H2,1H3/b13-8+/t9-/m1/s1. The SMILES string of the molecule is C[C@@H]1C(=O)C[N-]/[N+]1=C/c1ccccc1. The lowest BCUT2D eigenvalue weighted by atomic mass is 10.2. The fourth-order valence-corrected chi connectivity index (χ4v) is 1.40. The predicted molar refractivity (Wildman–Crippen MR) is 54.6 cm³/mol. The Kier molecular flexibility index (Phi) is 2.31. The van der Waals surface area contributed by atoms with Crippen LogP contribution in [0, 0.1) is 0 Å². The lowest BCUT2D eigenvalue weighted by Crippen LogP contribution is -2.20. The summed E-state index contributed by atoms with van der Waals surface area (Å²) in [7, 11) is 0. The van der Waals surface area contributed by atoms with Crippen molar-refractivity contribution in [3.05, 3.63) is 41.3 Å². The van der Waals surface area contributed by atoms with E-state index in [9.17, 15) is 4.79 Å². The van der Waals surface area contributed by atoms with E-state index in [1.807, 2.05) is 43.5 Å². The quantitative estimate of drug-likeness (QED) is 0.613. The second-order valence-electron chi connectivity index (χ2n) is 3.36. The maximum Gasteiger partial charge on any atom is 0.201 e. The van der Waals surface area contributed by atoms with Crippen LogP contribution in [0.25, 0.3) is 5.43 Å². The Morgan fingerprint density at radius 3 is 2.71 bits per heavy atom. The fourth-order valence-electron chi connectivity index (χ4n) is 1.40. The molecule has 1 aliphatic rings. The van der Waals surface area contributed by atoms with Crippen molar-refractivity contribution in [1.29, 1.82) is 0 Å². The van der Waals surface area contributed by atoms with Crippen molar-refractivity contribution in [2.24, 2.45) is 0 Å². The van der Waals surface area contributed by atoms with Gasteiger partial charge < -0.3 is 5.43 Å². The second-order valence-corrected chi connectivity index (χ2v) is 3.36. The van der Waals surface area contributed by atoms with Gasteiger partial charge in [-0.15, -0.1) is 0 Å². The van der Waals surface area contributed by atoms with Crippen LogP contribution in [-0.2, 0) is 4.79 Å². The maximum atomic E-state index is 11.2. The lowest BCUT2D eigenvalue weighted by molar-refractivity contribution is -0.483. The van der Waals surface area contributed by atoms with Crippen LogP contribution < -0.4 is 0 Å². The smallest absolute Gasteiger partial charge is 0.201 e. The second kappa shape index (κ2) is 3.62. The summed E-state index contributed by atoms with van der Waals surface area (Å²) in [5.41, 5.74) is 5.19. The number of hydrogen-bond acceptors (Lipinski definition) is 1. The van der Waals surface area contributed by atoms with Gasteiger partial charge in [0, 0.05) is 12.5 Å². The first-order valence-electron chi connectivity index (χ1n) is 4.66. The number of hydrogen-bond donors (Lipinski definition) is 0. The minimum Gasteiger partial charge on any atom is -0.432 e. The summed E-state index contributed by atoms with van der Waals surface area (Å²) in [6.45, 7) is 2.18. The van der Waals surface area contributed by atoms with Gasteiger partial charge in [0.2, 0.25) is 6.04 Å². The van der Waals surface area contributed by atoms with Crippen LogP contribution in [0.2, 0.25) is 0 Å². The van der Waals surface area contributed by atoms with Gasteiger partial charge in [0.15, 0.2) is 12.0 Å². The fraction of sp³-hybridized carbons (Fsp3) is 0.273. The first-order valence-corrected chi connectivity index (χ1v) is 4.66. The van der Waals surface area contributed by atoms with Crippen molar-refractivity contribution in [2.75, 3.05) is 6.54 Å². The predicted octanol–water partition coefficient (Wildman–Crippen LogP) is 1.38. The average molecular weight is 188 g/mol. The van der Waals surface area contributed by atoms with Crippen molar-refractivity contribution >= 4 is 12.0 Å². The van der Waals surface area contributed by atoms with Crippen LogP contribution in [0.5, 0.6) is 0 Å². The van der Waals surface area contributed by atoms with Gasteiger partial charge in [0.25, 0.3) is 0 Å². The molecule has 1 fully saturated rings. The van der Waals surface area contributed by atoms with E-state index in [1.54, 1.807) is 4.68 Å². The highest BCUT2D eigenvalue weighted by Gasteiger charge is 2.23. The Balaban J connectivity index is 2.24. The van der Waals surface area contributed by atoms with Crippen LogP contribution in [0.15, 0.2) is 30.3 Å². The molecule has 1 aliphatic heterocycles. The van der Waals surface area contributed by atoms with Gasteiger partial charge in [-0.25, -0.2) is 0 Å². The molecule has 14 heavy (non-hydrogen) atoms. The summed E-state index contributed by atoms with van der Waals surface area (Å²) < 4.78 is 1.73. The normalized spacial score (nSPS) is 23.9. The molecule has 0 radical (unpaired) electrons. The van der Waals surface area contributed by atoms with Crippen LogP contribution >= 0.6 is 0 Å². The van der Waals surface area contributed by atoms with E-state index >= 15 is 0 Å². The zero-order valence-electron chi connectivity index (χ0n) is 8.05. The summed E-state index contributed by atoms with van der Waals surface area (Å²) >= 11 is 0. The van der Waals surface area contributed by atoms with E-state index in [-0.39, 0.29) is 11.8 Å². The molecule has 1 heterocycles. The summed E-state index contributed by atoms with van der Waals surface area (Å²) in [5.74, 6) is 0.178. The van der Waals surface area contributed by atoms with E-state index in [0.29, 0.717) is 6.54 Å². The third-order valence-corrected chi connectivity index (χ3v) is 2.33. The zero-order chi connectivity index (χ0) is 9.97. The van der Waals surface area contributed by atoms with Gasteiger partial charge in [-0.3, -0.25) is 9.48 Å². The third kappa shape index (κ3) is 1.66. The van der Waals surface area contributed by atoms with Crippen molar-refractivity contribution in [2.45, 2.75) is 13.0 Å². The monoisotopic (exact) mass is 188 g/mol. The molecular weight excluding hydrogens is 176 g/mol. The van der Waals surface area contributed by atoms with Gasteiger partial charge in [0.05, 0.1) is 0 Å². The van der Waals surface area contributed by atoms with E-state index in [0.717, 1.165) is 5.56 Å².